The van der Waals surface area contributed by atoms with E-state index in [9.17, 15) is 4.39 Å². The molecule has 0 aliphatic carbocycles. The number of halogens is 1. The summed E-state index contributed by atoms with van der Waals surface area (Å²) in [5.74, 6) is -0.256. The normalized spacial score (nSPS) is 10.7. The summed E-state index contributed by atoms with van der Waals surface area (Å²) in [6, 6.07) is 6.41. The first kappa shape index (κ1) is 11.2. The molecule has 0 bridgehead atoms. The third-order valence-corrected chi connectivity index (χ3v) is 3.30. The van der Waals surface area contributed by atoms with Crippen LogP contribution >= 0.6 is 11.3 Å². The van der Waals surface area contributed by atoms with Gasteiger partial charge in [0, 0.05) is 23.5 Å². The van der Waals surface area contributed by atoms with Crippen molar-refractivity contribution in [3.05, 3.63) is 40.0 Å². The standard InChI is InChI=1S/C12H12FNOS/c1-8-12(14-11(16-8)5-6-15)9-3-2-4-10(13)7-9/h2-4,7,15H,5-6H2,1H3. The molecule has 0 amide bonds. The van der Waals surface area contributed by atoms with Gasteiger partial charge in [-0.05, 0) is 19.1 Å². The molecule has 0 radical (unpaired) electrons. The molecule has 0 aliphatic rings. The van der Waals surface area contributed by atoms with Crippen molar-refractivity contribution < 1.29 is 9.50 Å². The molecule has 0 aliphatic heterocycles. The molecule has 1 aromatic carbocycles. The lowest BCUT2D eigenvalue weighted by molar-refractivity contribution is 0.299. The van der Waals surface area contributed by atoms with E-state index >= 15 is 0 Å². The van der Waals surface area contributed by atoms with Crippen molar-refractivity contribution in [2.24, 2.45) is 0 Å². The number of rotatable bonds is 3. The SMILES string of the molecule is Cc1sc(CCO)nc1-c1cccc(F)c1. The lowest BCUT2D eigenvalue weighted by atomic mass is 10.1. The summed E-state index contributed by atoms with van der Waals surface area (Å²) < 4.78 is 13.1. The molecule has 0 fully saturated rings. The fourth-order valence-electron chi connectivity index (χ4n) is 1.56. The van der Waals surface area contributed by atoms with Gasteiger partial charge in [0.05, 0.1) is 10.7 Å². The number of aliphatic hydroxyl groups excluding tert-OH is 1. The van der Waals surface area contributed by atoms with Crippen molar-refractivity contribution in [3.63, 3.8) is 0 Å². The average Bonchev–Trinajstić information content (AvgIpc) is 2.60. The van der Waals surface area contributed by atoms with E-state index in [0.29, 0.717) is 6.42 Å². The number of aromatic nitrogens is 1. The van der Waals surface area contributed by atoms with Gasteiger partial charge in [0.2, 0.25) is 0 Å². The van der Waals surface area contributed by atoms with Crippen LogP contribution in [-0.4, -0.2) is 16.7 Å². The van der Waals surface area contributed by atoms with Crippen LogP contribution in [0.25, 0.3) is 11.3 Å². The predicted octanol–water partition coefficient (Wildman–Crippen LogP) is 2.79. The molecule has 0 atom stereocenters. The number of nitrogens with zero attached hydrogens (tertiary/aromatic N) is 1. The van der Waals surface area contributed by atoms with Crippen LogP contribution in [0, 0.1) is 12.7 Å². The van der Waals surface area contributed by atoms with E-state index in [4.69, 9.17) is 5.11 Å². The largest absolute Gasteiger partial charge is 0.396 e. The number of hydrogen-bond acceptors (Lipinski definition) is 3. The van der Waals surface area contributed by atoms with E-state index in [1.54, 1.807) is 17.4 Å². The van der Waals surface area contributed by atoms with Crippen molar-refractivity contribution in [2.75, 3.05) is 6.61 Å². The maximum atomic E-state index is 13.1. The van der Waals surface area contributed by atoms with Crippen molar-refractivity contribution in [1.82, 2.24) is 4.98 Å². The van der Waals surface area contributed by atoms with Gasteiger partial charge in [-0.1, -0.05) is 12.1 Å². The van der Waals surface area contributed by atoms with E-state index in [2.05, 4.69) is 4.98 Å². The predicted molar refractivity (Wildman–Crippen MR) is 63.0 cm³/mol. The zero-order valence-corrected chi connectivity index (χ0v) is 9.72. The Labute approximate surface area is 97.4 Å². The second kappa shape index (κ2) is 4.72. The smallest absolute Gasteiger partial charge is 0.123 e. The molecule has 0 spiro atoms. The number of thiazole rings is 1. The van der Waals surface area contributed by atoms with Gasteiger partial charge in [-0.2, -0.15) is 0 Å². The van der Waals surface area contributed by atoms with Gasteiger partial charge in [-0.25, -0.2) is 9.37 Å². The highest BCUT2D eigenvalue weighted by molar-refractivity contribution is 7.12. The van der Waals surface area contributed by atoms with E-state index in [0.717, 1.165) is 21.1 Å². The van der Waals surface area contributed by atoms with Crippen LogP contribution in [0.5, 0.6) is 0 Å². The fraction of sp³-hybridized carbons (Fsp3) is 0.250. The topological polar surface area (TPSA) is 33.1 Å². The van der Waals surface area contributed by atoms with Gasteiger partial charge in [0.1, 0.15) is 5.82 Å². The van der Waals surface area contributed by atoms with Gasteiger partial charge in [0.25, 0.3) is 0 Å². The highest BCUT2D eigenvalue weighted by Gasteiger charge is 2.09. The van der Waals surface area contributed by atoms with E-state index in [1.807, 2.05) is 13.0 Å². The van der Waals surface area contributed by atoms with Crippen LogP contribution in [0.4, 0.5) is 4.39 Å². The Hall–Kier alpha value is -1.26. The second-order valence-corrected chi connectivity index (χ2v) is 4.78. The molecule has 0 saturated heterocycles. The van der Waals surface area contributed by atoms with Gasteiger partial charge in [-0.15, -0.1) is 11.3 Å². The summed E-state index contributed by atoms with van der Waals surface area (Å²) in [4.78, 5) is 5.45. The van der Waals surface area contributed by atoms with Crippen molar-refractivity contribution in [2.45, 2.75) is 13.3 Å². The summed E-state index contributed by atoms with van der Waals surface area (Å²) in [6.45, 7) is 2.05. The molecule has 1 N–H and O–H groups in total. The third-order valence-electron chi connectivity index (χ3n) is 2.26. The summed E-state index contributed by atoms with van der Waals surface area (Å²) in [7, 11) is 0. The summed E-state index contributed by atoms with van der Waals surface area (Å²) in [5.41, 5.74) is 1.60. The van der Waals surface area contributed by atoms with E-state index in [-0.39, 0.29) is 12.4 Å². The summed E-state index contributed by atoms with van der Waals surface area (Å²) in [5, 5.41) is 9.73. The minimum Gasteiger partial charge on any atom is -0.396 e. The third kappa shape index (κ3) is 2.28. The molecule has 1 heterocycles. The zero-order valence-electron chi connectivity index (χ0n) is 8.90. The van der Waals surface area contributed by atoms with Crippen molar-refractivity contribution in [3.8, 4) is 11.3 Å². The first-order chi connectivity index (χ1) is 7.70. The number of aliphatic hydroxyl groups is 1. The molecule has 2 rings (SSSR count). The maximum Gasteiger partial charge on any atom is 0.123 e. The lowest BCUT2D eigenvalue weighted by Gasteiger charge is -1.98. The molecule has 0 saturated carbocycles. The van der Waals surface area contributed by atoms with Gasteiger partial charge in [0.15, 0.2) is 0 Å². The summed E-state index contributed by atoms with van der Waals surface area (Å²) >= 11 is 1.55. The van der Waals surface area contributed by atoms with Gasteiger partial charge < -0.3 is 5.11 Å². The fourth-order valence-corrected chi connectivity index (χ4v) is 2.50. The Morgan fingerprint density at radius 2 is 2.25 bits per heavy atom. The Bertz CT molecular complexity index is 496. The monoisotopic (exact) mass is 237 g/mol. The highest BCUT2D eigenvalue weighted by atomic mass is 32.1. The van der Waals surface area contributed by atoms with E-state index < -0.39 is 0 Å². The molecule has 84 valence electrons. The molecule has 0 unspecified atom stereocenters. The van der Waals surface area contributed by atoms with Crippen LogP contribution < -0.4 is 0 Å². The lowest BCUT2D eigenvalue weighted by Crippen LogP contribution is -1.89. The molecular formula is C12H12FNOS. The molecule has 16 heavy (non-hydrogen) atoms. The maximum absolute atomic E-state index is 13.1. The highest BCUT2D eigenvalue weighted by Crippen LogP contribution is 2.27. The quantitative estimate of drug-likeness (QED) is 0.890. The van der Waals surface area contributed by atoms with Crippen LogP contribution in [0.1, 0.15) is 9.88 Å². The number of hydrogen-bond donors (Lipinski definition) is 1. The number of aryl methyl sites for hydroxylation is 1. The van der Waals surface area contributed by atoms with Crippen LogP contribution in [0.3, 0.4) is 0 Å². The molecule has 2 nitrogen and oxygen atoms in total. The van der Waals surface area contributed by atoms with Crippen molar-refractivity contribution >= 4 is 11.3 Å². The Kier molecular flexibility index (Phi) is 3.31. The average molecular weight is 237 g/mol. The Morgan fingerprint density at radius 1 is 1.44 bits per heavy atom. The summed E-state index contributed by atoms with van der Waals surface area (Å²) in [6.07, 6.45) is 0.556. The second-order valence-electron chi connectivity index (χ2n) is 3.50. The van der Waals surface area contributed by atoms with Crippen LogP contribution in [0.15, 0.2) is 24.3 Å². The number of benzene rings is 1. The minimum absolute atomic E-state index is 0.0928. The van der Waals surface area contributed by atoms with Crippen LogP contribution in [0.2, 0.25) is 0 Å². The minimum atomic E-state index is -0.256. The van der Waals surface area contributed by atoms with Crippen LogP contribution in [-0.2, 0) is 6.42 Å². The first-order valence-corrected chi connectivity index (χ1v) is 5.85. The van der Waals surface area contributed by atoms with E-state index in [1.165, 1.54) is 12.1 Å². The van der Waals surface area contributed by atoms with Gasteiger partial charge >= 0.3 is 0 Å². The molecule has 2 aromatic rings. The van der Waals surface area contributed by atoms with Crippen molar-refractivity contribution in [1.29, 1.82) is 0 Å². The Morgan fingerprint density at radius 3 is 2.94 bits per heavy atom. The zero-order chi connectivity index (χ0) is 11.5. The molecular weight excluding hydrogens is 225 g/mol. The Balaban J connectivity index is 2.40. The van der Waals surface area contributed by atoms with Gasteiger partial charge in [-0.3, -0.25) is 0 Å². The first-order valence-electron chi connectivity index (χ1n) is 5.04. The molecule has 4 heteroatoms. The molecule has 1 aromatic heterocycles.